The third-order valence-corrected chi connectivity index (χ3v) is 13.6. The smallest absolute Gasteiger partial charge is 0.316 e. The summed E-state index contributed by atoms with van der Waals surface area (Å²) >= 11 is 0. The molecule has 0 amide bonds. The Morgan fingerprint density at radius 3 is 2.16 bits per heavy atom. The number of aliphatic hydroxyl groups is 3. The first kappa shape index (κ1) is 48.6. The maximum Gasteiger partial charge on any atom is 0.316 e. The number of aryl methyl sites for hydroxylation is 1. The molecule has 0 saturated carbocycles. The predicted molar refractivity (Wildman–Crippen MR) is 236 cm³/mol. The van der Waals surface area contributed by atoms with Crippen molar-refractivity contribution in [3.63, 3.8) is 0 Å². The Balaban J connectivity index is 1.49. The Labute approximate surface area is 363 Å². The standard InChI is InChI=1S/C48H73N3O10/c1-13-39-48(9,56)43(54)31(5)40(49-61-37-15-14-24-51(27-37)36-22-20-35(21-23-36)34-18-16-28(2)17-19-34)29(3)26-47(8,57-12)44(32(6)41(52)33(7)45(55)59-39)60-46-42(53)38(50(10)11)25-30(4)58-46/h16-23,29-33,37-39,42-44,46,53-54,56H,13-15,24-27H2,1-12H3/b49-40+/t29-,30-,31+,32+,33-,37?,38+,39-,42-,43-,44-,46+,47-,48-/m1/s1. The van der Waals surface area contributed by atoms with Crippen molar-refractivity contribution in [3.05, 3.63) is 54.1 Å². The van der Waals surface area contributed by atoms with Crippen LogP contribution in [-0.4, -0.2) is 132 Å². The summed E-state index contributed by atoms with van der Waals surface area (Å²) in [4.78, 5) is 38.7. The van der Waals surface area contributed by atoms with E-state index in [9.17, 15) is 24.9 Å². The SMILES string of the molecule is CC[C@H]1OC(=O)[C@H](C)C(=O)[C@H](C)[C@@H](O[C@@H]2O[C@H](C)C[C@H](N(C)C)[C@H]2O)[C@](C)(OC)C[C@@H](C)/C(=N\OC2CCCN(c3ccc(-c4ccc(C)cc4)cc3)C2)[C@H](C)[C@@H](O)[C@]1(C)O. The maximum atomic E-state index is 14.3. The number of ketones is 1. The predicted octanol–water partition coefficient (Wildman–Crippen LogP) is 6.17. The summed E-state index contributed by atoms with van der Waals surface area (Å²) in [5.74, 6) is -4.70. The van der Waals surface area contributed by atoms with Crippen LogP contribution >= 0.6 is 0 Å². The molecular formula is C48H73N3O10. The van der Waals surface area contributed by atoms with E-state index < -0.39 is 77.3 Å². The van der Waals surface area contributed by atoms with E-state index in [4.69, 9.17) is 28.9 Å². The first-order valence-electron chi connectivity index (χ1n) is 22.2. The van der Waals surface area contributed by atoms with Gasteiger partial charge in [-0.15, -0.1) is 0 Å². The number of benzene rings is 2. The number of anilines is 1. The number of ether oxygens (including phenoxy) is 4. The lowest BCUT2D eigenvalue weighted by Crippen LogP contribution is -2.60. The quantitative estimate of drug-likeness (QED) is 0.150. The van der Waals surface area contributed by atoms with Crippen LogP contribution in [0.3, 0.4) is 0 Å². The summed E-state index contributed by atoms with van der Waals surface area (Å²) in [7, 11) is 5.31. The highest BCUT2D eigenvalue weighted by molar-refractivity contribution is 6.00. The number of rotatable bonds is 9. The minimum atomic E-state index is -1.92. The molecule has 3 aliphatic heterocycles. The Bertz CT molecular complexity index is 1790. The zero-order valence-electron chi connectivity index (χ0n) is 38.5. The van der Waals surface area contributed by atoms with Gasteiger partial charge in [-0.3, -0.25) is 9.59 Å². The Morgan fingerprint density at radius 1 is 0.951 bits per heavy atom. The van der Waals surface area contributed by atoms with Crippen LogP contribution < -0.4 is 4.90 Å². The number of hydrogen-bond donors (Lipinski definition) is 3. The molecule has 0 aromatic heterocycles. The second kappa shape index (κ2) is 20.4. The molecule has 0 radical (unpaired) electrons. The molecule has 3 aliphatic rings. The number of Topliss-reactive ketones (excluding diaryl/α,β-unsaturated/α-hetero) is 1. The average Bonchev–Trinajstić information content (AvgIpc) is 3.24. The number of likely N-dealkylation sites (N-methyl/N-ethyl adjacent to an activating group) is 1. The van der Waals surface area contributed by atoms with Crippen molar-refractivity contribution >= 4 is 23.2 Å². The zero-order valence-corrected chi connectivity index (χ0v) is 38.5. The fourth-order valence-electron chi connectivity index (χ4n) is 9.62. The number of carbonyl (C=O) groups excluding carboxylic acids is 2. The summed E-state index contributed by atoms with van der Waals surface area (Å²) in [5.41, 5.74) is 1.93. The average molecular weight is 852 g/mol. The first-order chi connectivity index (χ1) is 28.7. The Morgan fingerprint density at radius 2 is 1.57 bits per heavy atom. The number of carbonyl (C=O) groups is 2. The molecule has 5 rings (SSSR count). The topological polar surface area (TPSA) is 160 Å². The zero-order chi connectivity index (χ0) is 45.0. The summed E-state index contributed by atoms with van der Waals surface area (Å²) < 4.78 is 25.1. The van der Waals surface area contributed by atoms with E-state index in [0.717, 1.165) is 36.2 Å². The number of piperidine rings is 1. The highest BCUT2D eigenvalue weighted by Crippen LogP contribution is 2.39. The summed E-state index contributed by atoms with van der Waals surface area (Å²) in [6, 6.07) is 16.8. The van der Waals surface area contributed by atoms with E-state index in [2.05, 4.69) is 60.4 Å². The molecule has 3 saturated heterocycles. The molecule has 3 fully saturated rings. The number of cyclic esters (lactones) is 1. The number of aliphatic hydroxyl groups excluding tert-OH is 2. The van der Waals surface area contributed by atoms with E-state index in [-0.39, 0.29) is 31.1 Å². The van der Waals surface area contributed by atoms with E-state index >= 15 is 0 Å². The van der Waals surface area contributed by atoms with Crippen LogP contribution in [-0.2, 0) is 33.4 Å². The van der Waals surface area contributed by atoms with E-state index in [0.29, 0.717) is 18.7 Å². The number of methoxy groups -OCH3 is 1. The summed E-state index contributed by atoms with van der Waals surface area (Å²) in [6.07, 6.45) is -3.64. The highest BCUT2D eigenvalue weighted by atomic mass is 16.7. The number of oxime groups is 1. The lowest BCUT2D eigenvalue weighted by atomic mass is 9.74. The van der Waals surface area contributed by atoms with Crippen LogP contribution in [0.2, 0.25) is 0 Å². The molecule has 61 heavy (non-hydrogen) atoms. The highest BCUT2D eigenvalue weighted by Gasteiger charge is 2.51. The molecule has 14 atom stereocenters. The lowest BCUT2D eigenvalue weighted by molar-refractivity contribution is -0.295. The Kier molecular flexibility index (Phi) is 16.2. The third-order valence-electron chi connectivity index (χ3n) is 13.6. The van der Waals surface area contributed by atoms with Gasteiger partial charge in [-0.1, -0.05) is 74.8 Å². The van der Waals surface area contributed by atoms with E-state index in [1.807, 2.05) is 39.8 Å². The van der Waals surface area contributed by atoms with Crippen LogP contribution in [0.15, 0.2) is 53.7 Å². The fraction of sp³-hybridized carbons (Fsp3) is 0.688. The minimum Gasteiger partial charge on any atom is -0.459 e. The van der Waals surface area contributed by atoms with Crippen molar-refractivity contribution in [2.75, 3.05) is 39.2 Å². The van der Waals surface area contributed by atoms with E-state index in [1.165, 1.54) is 26.5 Å². The van der Waals surface area contributed by atoms with Gasteiger partial charge in [0, 0.05) is 43.1 Å². The monoisotopic (exact) mass is 852 g/mol. The van der Waals surface area contributed by atoms with Crippen LogP contribution in [0.4, 0.5) is 5.69 Å². The van der Waals surface area contributed by atoms with Gasteiger partial charge in [-0.2, -0.15) is 0 Å². The van der Waals surface area contributed by atoms with Crippen LogP contribution in [0.5, 0.6) is 0 Å². The molecule has 2 aromatic rings. The number of nitrogens with zero attached hydrogens (tertiary/aromatic N) is 3. The first-order valence-corrected chi connectivity index (χ1v) is 22.2. The van der Waals surface area contributed by atoms with Crippen LogP contribution in [0, 0.1) is 30.6 Å². The third kappa shape index (κ3) is 11.0. The molecule has 340 valence electrons. The summed E-state index contributed by atoms with van der Waals surface area (Å²) in [6.45, 7) is 17.4. The molecule has 2 aromatic carbocycles. The van der Waals surface area contributed by atoms with Crippen molar-refractivity contribution in [2.45, 2.75) is 155 Å². The molecule has 13 heteroatoms. The largest absolute Gasteiger partial charge is 0.459 e. The lowest BCUT2D eigenvalue weighted by Gasteiger charge is -2.47. The molecule has 3 N–H and O–H groups in total. The second-order valence-electron chi connectivity index (χ2n) is 18.7. The number of hydrogen-bond acceptors (Lipinski definition) is 13. The van der Waals surface area contributed by atoms with Crippen molar-refractivity contribution in [2.24, 2.45) is 28.8 Å². The van der Waals surface area contributed by atoms with Crippen LogP contribution in [0.1, 0.15) is 93.1 Å². The normalized spacial score (nSPS) is 38.0. The van der Waals surface area contributed by atoms with Crippen LogP contribution in [0.25, 0.3) is 11.1 Å². The van der Waals surface area contributed by atoms with Gasteiger partial charge in [-0.25, -0.2) is 0 Å². The van der Waals surface area contributed by atoms with Crippen molar-refractivity contribution < 1.29 is 48.7 Å². The van der Waals surface area contributed by atoms with Gasteiger partial charge in [0.15, 0.2) is 12.1 Å². The molecule has 3 heterocycles. The number of esters is 1. The van der Waals surface area contributed by atoms with Crippen molar-refractivity contribution in [3.8, 4) is 11.1 Å². The van der Waals surface area contributed by atoms with Gasteiger partial charge in [0.1, 0.15) is 29.8 Å². The molecule has 1 unspecified atom stereocenters. The van der Waals surface area contributed by atoms with Gasteiger partial charge < -0.3 is 48.9 Å². The summed E-state index contributed by atoms with van der Waals surface area (Å²) in [5, 5.41) is 40.4. The maximum absolute atomic E-state index is 14.3. The van der Waals surface area contributed by atoms with E-state index in [1.54, 1.807) is 20.8 Å². The Hall–Kier alpha value is -3.43. The van der Waals surface area contributed by atoms with Crippen molar-refractivity contribution in [1.29, 1.82) is 0 Å². The minimum absolute atomic E-state index is 0.178. The molecule has 0 spiro atoms. The molecule has 0 aliphatic carbocycles. The van der Waals surface area contributed by atoms with Gasteiger partial charge in [-0.05, 0) is 104 Å². The van der Waals surface area contributed by atoms with Crippen molar-refractivity contribution in [1.82, 2.24) is 4.90 Å². The second-order valence-corrected chi connectivity index (χ2v) is 18.7. The van der Waals surface area contributed by atoms with Gasteiger partial charge in [0.25, 0.3) is 0 Å². The van der Waals surface area contributed by atoms with Gasteiger partial charge >= 0.3 is 5.97 Å². The fourth-order valence-corrected chi connectivity index (χ4v) is 9.62. The molecule has 13 nitrogen and oxygen atoms in total. The van der Waals surface area contributed by atoms with Gasteiger partial charge in [0.2, 0.25) is 0 Å². The van der Waals surface area contributed by atoms with Gasteiger partial charge in [0.05, 0.1) is 36.2 Å². The molecular weight excluding hydrogens is 779 g/mol. The molecule has 0 bridgehead atoms.